The number of ether oxygens (including phenoxy) is 2. The lowest BCUT2D eigenvalue weighted by molar-refractivity contribution is 0.0666. The molecule has 0 aliphatic carbocycles. The highest BCUT2D eigenvalue weighted by Gasteiger charge is 2.35. The van der Waals surface area contributed by atoms with E-state index in [1.807, 2.05) is 42.2 Å². The quantitative estimate of drug-likeness (QED) is 0.608. The summed E-state index contributed by atoms with van der Waals surface area (Å²) in [4.78, 5) is 16.5. The Morgan fingerprint density at radius 1 is 1.20 bits per heavy atom. The number of rotatable bonds is 3. The molecule has 2 aliphatic rings. The standard InChI is InChI=1S/C23H22N2O4S/c1-13-16-11-19(28-3)18(27-2)10-14(16)8-9-25(13)23(26)21-17-12-30-20-7-5-4-6-15(20)22(17)29-24-21/h4-7,10-11,13H,8-9,12H2,1-3H3. The van der Waals surface area contributed by atoms with E-state index in [1.54, 1.807) is 26.0 Å². The van der Waals surface area contributed by atoms with Crippen LogP contribution in [0.3, 0.4) is 0 Å². The van der Waals surface area contributed by atoms with Crippen LogP contribution in [0.5, 0.6) is 11.5 Å². The van der Waals surface area contributed by atoms with Crippen molar-refractivity contribution >= 4 is 17.7 Å². The van der Waals surface area contributed by atoms with Gasteiger partial charge in [0.25, 0.3) is 5.91 Å². The minimum absolute atomic E-state index is 0.0899. The first-order chi connectivity index (χ1) is 14.6. The zero-order valence-electron chi connectivity index (χ0n) is 17.1. The molecule has 1 unspecified atom stereocenters. The van der Waals surface area contributed by atoms with Crippen LogP contribution in [0.25, 0.3) is 11.3 Å². The van der Waals surface area contributed by atoms with E-state index in [-0.39, 0.29) is 11.9 Å². The van der Waals surface area contributed by atoms with E-state index in [4.69, 9.17) is 14.0 Å². The number of methoxy groups -OCH3 is 2. The second kappa shape index (κ2) is 7.40. The lowest BCUT2D eigenvalue weighted by Crippen LogP contribution is -2.39. The Hall–Kier alpha value is -2.93. The first kappa shape index (κ1) is 19.1. The van der Waals surface area contributed by atoms with Crippen molar-refractivity contribution in [3.05, 3.63) is 58.8 Å². The summed E-state index contributed by atoms with van der Waals surface area (Å²) in [6, 6.07) is 12.0. The van der Waals surface area contributed by atoms with Crippen LogP contribution < -0.4 is 9.47 Å². The third kappa shape index (κ3) is 2.88. The second-order valence-corrected chi connectivity index (χ2v) is 8.47. The van der Waals surface area contributed by atoms with Crippen LogP contribution in [0.1, 0.15) is 40.1 Å². The Morgan fingerprint density at radius 3 is 2.77 bits per heavy atom. The fourth-order valence-electron chi connectivity index (χ4n) is 4.31. The van der Waals surface area contributed by atoms with Gasteiger partial charge in [-0.1, -0.05) is 17.3 Å². The van der Waals surface area contributed by atoms with E-state index < -0.39 is 0 Å². The first-order valence-corrected chi connectivity index (χ1v) is 10.9. The van der Waals surface area contributed by atoms with Crippen molar-refractivity contribution in [2.45, 2.75) is 30.0 Å². The summed E-state index contributed by atoms with van der Waals surface area (Å²) >= 11 is 1.71. The summed E-state index contributed by atoms with van der Waals surface area (Å²) < 4.78 is 16.5. The smallest absolute Gasteiger partial charge is 0.276 e. The van der Waals surface area contributed by atoms with E-state index in [2.05, 4.69) is 11.2 Å². The molecule has 154 valence electrons. The molecule has 1 amide bonds. The van der Waals surface area contributed by atoms with Crippen LogP contribution in [-0.2, 0) is 12.2 Å². The number of carbonyl (C=O) groups excluding carboxylic acids is 1. The van der Waals surface area contributed by atoms with E-state index >= 15 is 0 Å². The molecule has 6 nitrogen and oxygen atoms in total. The molecule has 0 radical (unpaired) electrons. The van der Waals surface area contributed by atoms with Gasteiger partial charge >= 0.3 is 0 Å². The molecular weight excluding hydrogens is 400 g/mol. The zero-order valence-corrected chi connectivity index (χ0v) is 17.9. The molecule has 7 heteroatoms. The van der Waals surface area contributed by atoms with E-state index in [1.165, 1.54) is 5.56 Å². The Kier molecular flexibility index (Phi) is 4.70. The van der Waals surface area contributed by atoms with Gasteiger partial charge in [-0.3, -0.25) is 4.79 Å². The third-order valence-electron chi connectivity index (χ3n) is 5.94. The fourth-order valence-corrected chi connectivity index (χ4v) is 5.37. The van der Waals surface area contributed by atoms with Gasteiger partial charge in [0, 0.05) is 28.3 Å². The van der Waals surface area contributed by atoms with E-state index in [9.17, 15) is 4.79 Å². The first-order valence-electron chi connectivity index (χ1n) is 9.89. The molecular formula is C23H22N2O4S. The number of fused-ring (bicyclic) bond motifs is 4. The number of hydrogen-bond acceptors (Lipinski definition) is 6. The number of nitrogens with zero attached hydrogens (tertiary/aromatic N) is 2. The van der Waals surface area contributed by atoms with Crippen LogP contribution in [0.4, 0.5) is 0 Å². The van der Waals surface area contributed by atoms with Gasteiger partial charge in [-0.2, -0.15) is 0 Å². The molecule has 0 saturated heterocycles. The average Bonchev–Trinajstić information content (AvgIpc) is 3.23. The van der Waals surface area contributed by atoms with Gasteiger partial charge in [0.15, 0.2) is 23.0 Å². The summed E-state index contributed by atoms with van der Waals surface area (Å²) in [5.74, 6) is 2.69. The summed E-state index contributed by atoms with van der Waals surface area (Å²) in [6.07, 6.45) is 0.753. The monoisotopic (exact) mass is 422 g/mol. The van der Waals surface area contributed by atoms with Crippen LogP contribution in [-0.4, -0.2) is 36.7 Å². The Balaban J connectivity index is 1.49. The van der Waals surface area contributed by atoms with Crippen LogP contribution in [0.15, 0.2) is 45.8 Å². The second-order valence-electron chi connectivity index (χ2n) is 7.45. The van der Waals surface area contributed by atoms with Gasteiger partial charge in [-0.05, 0) is 48.7 Å². The van der Waals surface area contributed by atoms with Crippen molar-refractivity contribution in [2.75, 3.05) is 20.8 Å². The molecule has 2 aliphatic heterocycles. The largest absolute Gasteiger partial charge is 0.493 e. The van der Waals surface area contributed by atoms with Gasteiger partial charge in [-0.15, -0.1) is 11.8 Å². The maximum Gasteiger partial charge on any atom is 0.276 e. The SMILES string of the molecule is COc1cc2c(cc1OC)C(C)N(C(=O)c1noc3c1CSc1ccccc1-3)CC2. The van der Waals surface area contributed by atoms with E-state index in [0.717, 1.165) is 28.0 Å². The summed E-state index contributed by atoms with van der Waals surface area (Å²) in [5, 5.41) is 4.20. The molecule has 3 aromatic rings. The van der Waals surface area contributed by atoms with Gasteiger partial charge in [0.05, 0.1) is 20.3 Å². The lowest BCUT2D eigenvalue weighted by Gasteiger charge is -2.35. The number of thioether (sulfide) groups is 1. The Bertz CT molecular complexity index is 1140. The van der Waals surface area contributed by atoms with Crippen molar-refractivity contribution < 1.29 is 18.8 Å². The Morgan fingerprint density at radius 2 is 1.97 bits per heavy atom. The molecule has 1 atom stereocenters. The molecule has 0 bridgehead atoms. The third-order valence-corrected chi connectivity index (χ3v) is 7.04. The predicted molar refractivity (Wildman–Crippen MR) is 114 cm³/mol. The maximum absolute atomic E-state index is 13.5. The highest BCUT2D eigenvalue weighted by Crippen LogP contribution is 2.44. The zero-order chi connectivity index (χ0) is 20.8. The lowest BCUT2D eigenvalue weighted by atomic mass is 9.92. The molecule has 30 heavy (non-hydrogen) atoms. The van der Waals surface area contributed by atoms with Crippen molar-refractivity contribution in [3.63, 3.8) is 0 Å². The summed E-state index contributed by atoms with van der Waals surface area (Å²) in [5.41, 5.74) is 4.56. The number of hydrogen-bond donors (Lipinski definition) is 0. The molecule has 3 heterocycles. The molecule has 0 N–H and O–H groups in total. The highest BCUT2D eigenvalue weighted by atomic mass is 32.2. The molecule has 5 rings (SSSR count). The van der Waals surface area contributed by atoms with Crippen molar-refractivity contribution in [1.29, 1.82) is 0 Å². The van der Waals surface area contributed by atoms with Gasteiger partial charge in [0.2, 0.25) is 0 Å². The normalized spacial score (nSPS) is 17.0. The summed E-state index contributed by atoms with van der Waals surface area (Å²) in [6.45, 7) is 2.66. The fraction of sp³-hybridized carbons (Fsp3) is 0.304. The van der Waals surface area contributed by atoms with Gasteiger partial charge in [-0.25, -0.2) is 0 Å². The van der Waals surface area contributed by atoms with Crippen molar-refractivity contribution in [1.82, 2.24) is 10.1 Å². The molecule has 2 aromatic carbocycles. The van der Waals surface area contributed by atoms with Crippen LogP contribution in [0.2, 0.25) is 0 Å². The minimum atomic E-state index is -0.100. The molecule has 1 aromatic heterocycles. The maximum atomic E-state index is 13.5. The predicted octanol–water partition coefficient (Wildman–Crippen LogP) is 4.72. The average molecular weight is 423 g/mol. The van der Waals surface area contributed by atoms with Crippen molar-refractivity contribution in [3.8, 4) is 22.8 Å². The number of benzene rings is 2. The van der Waals surface area contributed by atoms with E-state index in [0.29, 0.717) is 35.3 Å². The van der Waals surface area contributed by atoms with Gasteiger partial charge < -0.3 is 18.9 Å². The Labute approximate surface area is 179 Å². The minimum Gasteiger partial charge on any atom is -0.493 e. The molecule has 0 spiro atoms. The number of aromatic nitrogens is 1. The van der Waals surface area contributed by atoms with Crippen LogP contribution in [0, 0.1) is 0 Å². The molecule has 0 saturated carbocycles. The van der Waals surface area contributed by atoms with Crippen molar-refractivity contribution in [2.24, 2.45) is 0 Å². The summed E-state index contributed by atoms with van der Waals surface area (Å²) in [7, 11) is 3.26. The van der Waals surface area contributed by atoms with Crippen LogP contribution >= 0.6 is 11.8 Å². The van der Waals surface area contributed by atoms with Gasteiger partial charge in [0.1, 0.15) is 0 Å². The highest BCUT2D eigenvalue weighted by molar-refractivity contribution is 7.98. The number of carbonyl (C=O) groups is 1. The molecule has 0 fully saturated rings. The number of amides is 1. The topological polar surface area (TPSA) is 64.8 Å².